The van der Waals surface area contributed by atoms with Gasteiger partial charge in [-0.2, -0.15) is 0 Å². The zero-order valence-corrected chi connectivity index (χ0v) is 9.32. The van der Waals surface area contributed by atoms with E-state index in [0.717, 1.165) is 0 Å². The van der Waals surface area contributed by atoms with Crippen molar-refractivity contribution in [2.45, 2.75) is 0 Å². The van der Waals surface area contributed by atoms with Crippen LogP contribution < -0.4 is 18.9 Å². The summed E-state index contributed by atoms with van der Waals surface area (Å²) in [7, 11) is -4.64. The average Bonchev–Trinajstić information content (AvgIpc) is 0.722. The monoisotopic (exact) mass is 225 g/mol. The first-order valence-corrected chi connectivity index (χ1v) is 2.35. The van der Waals surface area contributed by atoms with Crippen molar-refractivity contribution >= 4 is 7.82 Å². The van der Waals surface area contributed by atoms with Gasteiger partial charge in [-0.25, -0.2) is 4.57 Å². The van der Waals surface area contributed by atoms with Crippen molar-refractivity contribution in [3.63, 3.8) is 0 Å². The van der Waals surface area contributed by atoms with Gasteiger partial charge >= 0.3 is 26.7 Å². The summed E-state index contributed by atoms with van der Waals surface area (Å²) in [5.74, 6) is 0. The van der Waals surface area contributed by atoms with Crippen molar-refractivity contribution in [1.82, 2.24) is 0 Å². The van der Waals surface area contributed by atoms with Gasteiger partial charge in [0.15, 0.2) is 0 Å². The van der Waals surface area contributed by atoms with E-state index in [4.69, 9.17) is 19.2 Å². The van der Waals surface area contributed by atoms with Gasteiger partial charge in [0, 0.05) is 36.5 Å². The largest absolute Gasteiger partial charge is 1.00 e. The van der Waals surface area contributed by atoms with Gasteiger partial charge in [0.2, 0.25) is 0 Å². The van der Waals surface area contributed by atoms with Crippen LogP contribution in [0.25, 0.3) is 0 Å². The number of rotatable bonds is 0. The Labute approximate surface area is 83.6 Å². The SMILES string of the molecule is O=P(O)(O)O.[H-].[Li+].[Mn].[Zn]. The molecule has 0 aromatic carbocycles. The van der Waals surface area contributed by atoms with Crippen LogP contribution >= 0.6 is 7.82 Å². The van der Waals surface area contributed by atoms with Gasteiger partial charge in [0.1, 0.15) is 0 Å². The Morgan fingerprint density at radius 1 is 1.25 bits per heavy atom. The number of hydrogen-bond donors (Lipinski definition) is 3. The predicted octanol–water partition coefficient (Wildman–Crippen LogP) is -3.82. The molecule has 0 aliphatic rings. The first-order valence-electron chi connectivity index (χ1n) is 0.783. The molecule has 0 atom stereocenters. The molecule has 4 nitrogen and oxygen atoms in total. The predicted molar refractivity (Wildman–Crippen MR) is 15.4 cm³/mol. The van der Waals surface area contributed by atoms with Crippen molar-refractivity contribution < 1.29 is 76.1 Å². The molecular formula is H4LiMnO4PZn. The van der Waals surface area contributed by atoms with Gasteiger partial charge in [-0.1, -0.05) is 0 Å². The maximum Gasteiger partial charge on any atom is 1.00 e. The fourth-order valence-electron chi connectivity index (χ4n) is 0. The van der Waals surface area contributed by atoms with Crippen LogP contribution in [0.1, 0.15) is 1.43 Å². The standard InChI is InChI=1S/Li.Mn.H3O4P.Zn.H/c;;1-5(2,3)4;;/h;;(H3,1,2,3,4);;/q+1;;;;-1. The molecule has 0 aliphatic heterocycles. The van der Waals surface area contributed by atoms with Crippen LogP contribution in [0.3, 0.4) is 0 Å². The summed E-state index contributed by atoms with van der Waals surface area (Å²) >= 11 is 0. The van der Waals surface area contributed by atoms with E-state index < -0.39 is 7.82 Å². The van der Waals surface area contributed by atoms with Crippen LogP contribution in [0, 0.1) is 0 Å². The molecule has 0 bridgehead atoms. The summed E-state index contributed by atoms with van der Waals surface area (Å²) in [6.07, 6.45) is 0. The third kappa shape index (κ3) is 108. The second-order valence-corrected chi connectivity index (χ2v) is 1.54. The minimum absolute atomic E-state index is 0. The van der Waals surface area contributed by atoms with Gasteiger partial charge in [0.25, 0.3) is 0 Å². The van der Waals surface area contributed by atoms with Crippen LogP contribution in [-0.2, 0) is 41.1 Å². The van der Waals surface area contributed by atoms with E-state index in [-0.39, 0.29) is 56.8 Å². The van der Waals surface area contributed by atoms with E-state index in [0.29, 0.717) is 0 Å². The molecule has 0 heterocycles. The molecule has 0 amide bonds. The summed E-state index contributed by atoms with van der Waals surface area (Å²) in [6.45, 7) is 0. The molecule has 0 saturated carbocycles. The maximum atomic E-state index is 8.88. The van der Waals surface area contributed by atoms with E-state index >= 15 is 0 Å². The topological polar surface area (TPSA) is 77.8 Å². The van der Waals surface area contributed by atoms with Crippen LogP contribution in [0.5, 0.6) is 0 Å². The second-order valence-electron chi connectivity index (χ2n) is 0.513. The Bertz CT molecular complexity index is 66.7. The third-order valence-corrected chi connectivity index (χ3v) is 0. The third-order valence-electron chi connectivity index (χ3n) is 0. The van der Waals surface area contributed by atoms with E-state index in [1.54, 1.807) is 0 Å². The molecule has 0 rings (SSSR count). The molecule has 0 aromatic rings. The van der Waals surface area contributed by atoms with E-state index in [2.05, 4.69) is 0 Å². The molecule has 0 aliphatic carbocycles. The van der Waals surface area contributed by atoms with Crippen LogP contribution in [0.15, 0.2) is 0 Å². The Morgan fingerprint density at radius 3 is 1.25 bits per heavy atom. The smallest absolute Gasteiger partial charge is 1.00 e. The molecule has 43 valence electrons. The molecular weight excluding hydrogens is 222 g/mol. The molecule has 0 fully saturated rings. The minimum Gasteiger partial charge on any atom is -1.00 e. The summed E-state index contributed by atoms with van der Waals surface area (Å²) < 4.78 is 8.88. The summed E-state index contributed by atoms with van der Waals surface area (Å²) in [4.78, 5) is 21.6. The second kappa shape index (κ2) is 8.85. The van der Waals surface area contributed by atoms with Gasteiger partial charge in [0.05, 0.1) is 0 Å². The molecule has 0 unspecified atom stereocenters. The quantitative estimate of drug-likeness (QED) is 0.292. The Balaban J connectivity index is -0.0000000133. The summed E-state index contributed by atoms with van der Waals surface area (Å²) in [5.41, 5.74) is 0. The van der Waals surface area contributed by atoms with Crippen molar-refractivity contribution in [3.05, 3.63) is 0 Å². The molecule has 8 heavy (non-hydrogen) atoms. The first kappa shape index (κ1) is 22.5. The van der Waals surface area contributed by atoms with Crippen molar-refractivity contribution in [1.29, 1.82) is 0 Å². The van der Waals surface area contributed by atoms with Gasteiger partial charge in [-0.3, -0.25) is 0 Å². The fourth-order valence-corrected chi connectivity index (χ4v) is 0. The number of hydrogen-bond acceptors (Lipinski definition) is 1. The van der Waals surface area contributed by atoms with Gasteiger partial charge in [-0.15, -0.1) is 0 Å². The summed E-state index contributed by atoms with van der Waals surface area (Å²) in [6, 6.07) is 0. The first-order chi connectivity index (χ1) is 2.00. The van der Waals surface area contributed by atoms with Gasteiger partial charge in [-0.05, 0) is 0 Å². The maximum absolute atomic E-state index is 8.88. The molecule has 1 radical (unpaired) electrons. The van der Waals surface area contributed by atoms with Crippen molar-refractivity contribution in [2.75, 3.05) is 0 Å². The van der Waals surface area contributed by atoms with E-state index in [1.807, 2.05) is 0 Å². The zero-order valence-electron chi connectivity index (χ0n) is 5.28. The molecule has 3 N–H and O–H groups in total. The Hall–Kier alpha value is 1.85. The molecule has 0 saturated heterocycles. The number of phosphoric acid groups is 1. The van der Waals surface area contributed by atoms with Crippen molar-refractivity contribution in [2.24, 2.45) is 0 Å². The Morgan fingerprint density at radius 2 is 1.25 bits per heavy atom. The van der Waals surface area contributed by atoms with E-state index in [1.165, 1.54) is 0 Å². The van der Waals surface area contributed by atoms with Gasteiger partial charge < -0.3 is 16.1 Å². The molecule has 0 spiro atoms. The average molecular weight is 226 g/mol. The molecule has 0 aromatic heterocycles. The van der Waals surface area contributed by atoms with Crippen LogP contribution in [0.4, 0.5) is 0 Å². The van der Waals surface area contributed by atoms with Crippen LogP contribution in [0.2, 0.25) is 0 Å². The zero-order chi connectivity index (χ0) is 4.50. The van der Waals surface area contributed by atoms with Crippen LogP contribution in [-0.4, -0.2) is 14.7 Å². The summed E-state index contributed by atoms with van der Waals surface area (Å²) in [5, 5.41) is 0. The molecule has 8 heteroatoms. The minimum atomic E-state index is -4.64. The Kier molecular flexibility index (Phi) is 24.9. The normalized spacial score (nSPS) is 7.38. The van der Waals surface area contributed by atoms with E-state index in [9.17, 15) is 0 Å². The fraction of sp³-hybridized carbons (Fsp3) is 0. The van der Waals surface area contributed by atoms with Crippen molar-refractivity contribution in [3.8, 4) is 0 Å².